The molecule has 1 aromatic rings. The van der Waals surface area contributed by atoms with E-state index in [-0.39, 0.29) is 0 Å². The monoisotopic (exact) mass is 266 g/mol. The van der Waals surface area contributed by atoms with Gasteiger partial charge >= 0.3 is 0 Å². The normalized spacial score (nSPS) is 20.0. The average molecular weight is 266 g/mol. The van der Waals surface area contributed by atoms with Crippen LogP contribution in [-0.2, 0) is 0 Å². The summed E-state index contributed by atoms with van der Waals surface area (Å²) in [7, 11) is 1.92. The second-order valence-electron chi connectivity index (χ2n) is 4.67. The standard InChI is InChI=1S/C13H22N4S/c1-5-11-8-17(6-7-18-11)13-9(2)12(14-4)15-10(3)16-13/h11H,5-8H2,1-4H3,(H,14,15,16). The maximum atomic E-state index is 4.64. The predicted molar refractivity (Wildman–Crippen MR) is 79.8 cm³/mol. The van der Waals surface area contributed by atoms with Crippen molar-refractivity contribution < 1.29 is 0 Å². The molecule has 100 valence electrons. The Hall–Kier alpha value is -0.970. The van der Waals surface area contributed by atoms with Crippen LogP contribution in [0.5, 0.6) is 0 Å². The van der Waals surface area contributed by atoms with Crippen molar-refractivity contribution in [1.82, 2.24) is 9.97 Å². The Morgan fingerprint density at radius 2 is 2.17 bits per heavy atom. The molecular formula is C13H22N4S. The van der Waals surface area contributed by atoms with E-state index in [1.807, 2.05) is 14.0 Å². The zero-order chi connectivity index (χ0) is 13.1. The first-order chi connectivity index (χ1) is 8.65. The fourth-order valence-electron chi connectivity index (χ4n) is 2.32. The van der Waals surface area contributed by atoms with Crippen molar-refractivity contribution in [2.24, 2.45) is 0 Å². The molecule has 1 aliphatic heterocycles. The van der Waals surface area contributed by atoms with Crippen LogP contribution in [0, 0.1) is 13.8 Å². The number of nitrogens with zero attached hydrogens (tertiary/aromatic N) is 3. The summed E-state index contributed by atoms with van der Waals surface area (Å²) < 4.78 is 0. The third-order valence-electron chi connectivity index (χ3n) is 3.36. The maximum absolute atomic E-state index is 4.64. The zero-order valence-electron chi connectivity index (χ0n) is 11.7. The smallest absolute Gasteiger partial charge is 0.137 e. The van der Waals surface area contributed by atoms with Crippen LogP contribution < -0.4 is 10.2 Å². The second-order valence-corrected chi connectivity index (χ2v) is 6.07. The second kappa shape index (κ2) is 5.78. The molecule has 18 heavy (non-hydrogen) atoms. The van der Waals surface area contributed by atoms with E-state index in [2.05, 4.69) is 45.8 Å². The van der Waals surface area contributed by atoms with Crippen molar-refractivity contribution >= 4 is 23.4 Å². The molecule has 2 rings (SSSR count). The molecule has 0 amide bonds. The van der Waals surface area contributed by atoms with Crippen LogP contribution in [0.25, 0.3) is 0 Å². The van der Waals surface area contributed by atoms with E-state index in [0.29, 0.717) is 0 Å². The summed E-state index contributed by atoms with van der Waals surface area (Å²) >= 11 is 2.08. The number of rotatable bonds is 3. The van der Waals surface area contributed by atoms with Crippen LogP contribution in [0.3, 0.4) is 0 Å². The van der Waals surface area contributed by atoms with Gasteiger partial charge in [-0.05, 0) is 20.3 Å². The molecule has 1 fully saturated rings. The lowest BCUT2D eigenvalue weighted by atomic mass is 10.2. The molecule has 1 saturated heterocycles. The van der Waals surface area contributed by atoms with E-state index >= 15 is 0 Å². The predicted octanol–water partition coefficient (Wildman–Crippen LogP) is 2.47. The van der Waals surface area contributed by atoms with E-state index in [9.17, 15) is 0 Å². The van der Waals surface area contributed by atoms with Crippen LogP contribution in [0.15, 0.2) is 0 Å². The number of aryl methyl sites for hydroxylation is 1. The highest BCUT2D eigenvalue weighted by molar-refractivity contribution is 8.00. The molecule has 0 bridgehead atoms. The van der Waals surface area contributed by atoms with E-state index in [4.69, 9.17) is 0 Å². The summed E-state index contributed by atoms with van der Waals surface area (Å²) in [4.78, 5) is 11.5. The number of anilines is 2. The summed E-state index contributed by atoms with van der Waals surface area (Å²) in [5, 5.41) is 3.89. The molecule has 4 nitrogen and oxygen atoms in total. The van der Waals surface area contributed by atoms with Gasteiger partial charge in [-0.25, -0.2) is 9.97 Å². The number of hydrogen-bond donors (Lipinski definition) is 1. The van der Waals surface area contributed by atoms with Crippen molar-refractivity contribution in [2.75, 3.05) is 36.1 Å². The molecular weight excluding hydrogens is 244 g/mol. The Balaban J connectivity index is 2.29. The highest BCUT2D eigenvalue weighted by Gasteiger charge is 2.22. The summed E-state index contributed by atoms with van der Waals surface area (Å²) in [6.45, 7) is 8.50. The van der Waals surface area contributed by atoms with Gasteiger partial charge in [0.15, 0.2) is 0 Å². The summed E-state index contributed by atoms with van der Waals surface area (Å²) in [6.07, 6.45) is 1.23. The number of hydrogen-bond acceptors (Lipinski definition) is 5. The Kier molecular flexibility index (Phi) is 4.32. The van der Waals surface area contributed by atoms with Crippen LogP contribution in [0.2, 0.25) is 0 Å². The minimum Gasteiger partial charge on any atom is -0.373 e. The van der Waals surface area contributed by atoms with Gasteiger partial charge in [-0.2, -0.15) is 11.8 Å². The number of thioether (sulfide) groups is 1. The Bertz CT molecular complexity index is 422. The molecule has 1 aromatic heterocycles. The molecule has 1 atom stereocenters. The van der Waals surface area contributed by atoms with Crippen molar-refractivity contribution in [2.45, 2.75) is 32.4 Å². The molecule has 0 aromatic carbocycles. The molecule has 2 heterocycles. The van der Waals surface area contributed by atoms with Crippen LogP contribution in [0.4, 0.5) is 11.6 Å². The molecule has 0 aliphatic carbocycles. The lowest BCUT2D eigenvalue weighted by molar-refractivity contribution is 0.714. The number of aromatic nitrogens is 2. The van der Waals surface area contributed by atoms with Crippen LogP contribution in [0.1, 0.15) is 24.7 Å². The largest absolute Gasteiger partial charge is 0.373 e. The highest BCUT2D eigenvalue weighted by Crippen LogP contribution is 2.28. The van der Waals surface area contributed by atoms with Gasteiger partial charge in [-0.15, -0.1) is 0 Å². The van der Waals surface area contributed by atoms with Crippen molar-refractivity contribution in [1.29, 1.82) is 0 Å². The molecule has 1 unspecified atom stereocenters. The average Bonchev–Trinajstić information content (AvgIpc) is 2.41. The quantitative estimate of drug-likeness (QED) is 0.910. The van der Waals surface area contributed by atoms with Gasteiger partial charge in [-0.3, -0.25) is 0 Å². The third kappa shape index (κ3) is 2.71. The topological polar surface area (TPSA) is 41.1 Å². The van der Waals surface area contributed by atoms with Gasteiger partial charge in [0.05, 0.1) is 0 Å². The highest BCUT2D eigenvalue weighted by atomic mass is 32.2. The Labute approximate surface area is 114 Å². The maximum Gasteiger partial charge on any atom is 0.137 e. The molecule has 0 radical (unpaired) electrons. The lowest BCUT2D eigenvalue weighted by Gasteiger charge is -2.34. The molecule has 0 spiro atoms. The van der Waals surface area contributed by atoms with Gasteiger partial charge in [0.2, 0.25) is 0 Å². The van der Waals surface area contributed by atoms with Crippen LogP contribution >= 0.6 is 11.8 Å². The minimum atomic E-state index is 0.728. The molecule has 5 heteroatoms. The van der Waals surface area contributed by atoms with Crippen LogP contribution in [-0.4, -0.2) is 41.1 Å². The zero-order valence-corrected chi connectivity index (χ0v) is 12.5. The molecule has 0 saturated carbocycles. The minimum absolute atomic E-state index is 0.728. The van der Waals surface area contributed by atoms with Crippen molar-refractivity contribution in [3.05, 3.63) is 11.4 Å². The first kappa shape index (κ1) is 13.5. The first-order valence-corrected chi connectivity index (χ1v) is 7.60. The SMILES string of the molecule is CCC1CN(c2nc(C)nc(NC)c2C)CCS1. The fraction of sp³-hybridized carbons (Fsp3) is 0.692. The van der Waals surface area contributed by atoms with Gasteiger partial charge in [0.25, 0.3) is 0 Å². The van der Waals surface area contributed by atoms with Gasteiger partial charge in [0.1, 0.15) is 17.5 Å². The van der Waals surface area contributed by atoms with Gasteiger partial charge in [0, 0.05) is 36.7 Å². The third-order valence-corrected chi connectivity index (χ3v) is 4.73. The lowest BCUT2D eigenvalue weighted by Crippen LogP contribution is -2.38. The van der Waals surface area contributed by atoms with E-state index in [0.717, 1.165) is 41.4 Å². The first-order valence-electron chi connectivity index (χ1n) is 6.55. The number of nitrogens with one attached hydrogen (secondary N) is 1. The molecule has 1 aliphatic rings. The van der Waals surface area contributed by atoms with E-state index in [1.165, 1.54) is 12.2 Å². The van der Waals surface area contributed by atoms with E-state index < -0.39 is 0 Å². The Morgan fingerprint density at radius 3 is 2.83 bits per heavy atom. The van der Waals surface area contributed by atoms with E-state index in [1.54, 1.807) is 0 Å². The molecule has 1 N–H and O–H groups in total. The van der Waals surface area contributed by atoms with Crippen molar-refractivity contribution in [3.8, 4) is 0 Å². The van der Waals surface area contributed by atoms with Gasteiger partial charge < -0.3 is 10.2 Å². The summed E-state index contributed by atoms with van der Waals surface area (Å²) in [5.74, 6) is 4.08. The van der Waals surface area contributed by atoms with Gasteiger partial charge in [-0.1, -0.05) is 6.92 Å². The summed E-state index contributed by atoms with van der Waals surface area (Å²) in [6, 6.07) is 0. The fourth-order valence-corrected chi connectivity index (χ4v) is 3.50. The Morgan fingerprint density at radius 1 is 1.39 bits per heavy atom. The summed E-state index contributed by atoms with van der Waals surface area (Å²) in [5.41, 5.74) is 1.16. The van der Waals surface area contributed by atoms with Crippen molar-refractivity contribution in [3.63, 3.8) is 0 Å².